The van der Waals surface area contributed by atoms with E-state index in [1.807, 2.05) is 148 Å². The molecule has 352 valence electrons. The first-order valence-corrected chi connectivity index (χ1v) is 23.7. The average Bonchev–Trinajstić information content (AvgIpc) is 3.74. The number of imidazole rings is 1. The summed E-state index contributed by atoms with van der Waals surface area (Å²) in [6.45, 7) is 16.7. The van der Waals surface area contributed by atoms with Crippen molar-refractivity contribution >= 4 is 11.0 Å². The molecule has 0 aliphatic heterocycles. The van der Waals surface area contributed by atoms with Gasteiger partial charge in [0.1, 0.15) is 11.6 Å². The summed E-state index contributed by atoms with van der Waals surface area (Å²) in [6, 6.07) is 51.2. The van der Waals surface area contributed by atoms with Gasteiger partial charge in [0, 0.05) is 41.2 Å². The van der Waals surface area contributed by atoms with Gasteiger partial charge in [-0.2, -0.15) is 0 Å². The van der Waals surface area contributed by atoms with E-state index in [9.17, 15) is 12.0 Å². The van der Waals surface area contributed by atoms with Gasteiger partial charge in [-0.05, 0) is 128 Å². The largest absolute Gasteiger partial charge is 0.507 e. The van der Waals surface area contributed by atoms with E-state index in [-0.39, 0.29) is 44.2 Å². The van der Waals surface area contributed by atoms with Gasteiger partial charge in [-0.15, -0.1) is 23.8 Å². The summed E-state index contributed by atoms with van der Waals surface area (Å²) in [6.07, 6.45) is 1.81. The molecule has 0 atom stereocenters. The number of para-hydroxylation sites is 1. The van der Waals surface area contributed by atoms with E-state index in [4.69, 9.17) is 11.3 Å². The fraction of sp³-hybridized carbons (Fsp3) is 0.250. The van der Waals surface area contributed by atoms with Crippen LogP contribution in [0.2, 0.25) is 0 Å². The molecule has 1 N–H and O–H groups in total. The molecule has 0 radical (unpaired) electrons. The van der Waals surface area contributed by atoms with Gasteiger partial charge in [-0.1, -0.05) is 189 Å². The van der Waals surface area contributed by atoms with Gasteiger partial charge in [0.2, 0.25) is 0 Å². The van der Waals surface area contributed by atoms with Crippen molar-refractivity contribution in [2.75, 3.05) is 0 Å². The van der Waals surface area contributed by atoms with Crippen molar-refractivity contribution in [2.45, 2.75) is 106 Å². The van der Waals surface area contributed by atoms with Crippen LogP contribution in [0.15, 0.2) is 152 Å². The molecule has 0 aliphatic carbocycles. The van der Waals surface area contributed by atoms with Gasteiger partial charge in [-0.3, -0.25) is 9.55 Å². The van der Waals surface area contributed by atoms with Crippen LogP contribution in [0.1, 0.15) is 140 Å². The molecule has 4 nitrogen and oxygen atoms in total. The van der Waals surface area contributed by atoms with Crippen LogP contribution in [0, 0.1) is 12.9 Å². The summed E-state index contributed by atoms with van der Waals surface area (Å²) in [5.74, 6) is -2.33. The smallest absolute Gasteiger partial charge is 0.148 e. The van der Waals surface area contributed by atoms with Crippen LogP contribution in [0.3, 0.4) is 0 Å². The van der Waals surface area contributed by atoms with Gasteiger partial charge in [-0.25, -0.2) is 4.98 Å². The van der Waals surface area contributed by atoms with E-state index in [1.165, 1.54) is 0 Å². The Labute approximate surface area is 433 Å². The number of hydrogen-bond donors (Lipinski definition) is 1. The first-order valence-electron chi connectivity index (χ1n) is 26.7. The molecule has 0 bridgehead atoms. The summed E-state index contributed by atoms with van der Waals surface area (Å²) in [7, 11) is 0. The number of aryl methyl sites for hydroxylation is 1. The van der Waals surface area contributed by atoms with E-state index in [2.05, 4.69) is 50.2 Å². The van der Waals surface area contributed by atoms with E-state index >= 15 is 0 Å². The number of fused-ring (bicyclic) bond motifs is 1. The van der Waals surface area contributed by atoms with Crippen LogP contribution in [0.5, 0.6) is 5.75 Å². The SMILES string of the molecule is [2H]C([2H])([2H])c1cc(-c2c(C([2H])(C)C)cccc2C([2H])(C)C)ccc1-n1c(-c2cc(C(C)C)cc(C(C)C)c2O)nc2c(-c3[c-]c(-c4cc(-c5ccc(C([2H])(C)C)cc5)ccn4)cc(-c4ccccc4)c3)cccc21.[Pt]. The first kappa shape index (κ1) is 41.6. The second-order valence-electron chi connectivity index (χ2n) is 19.3. The number of hydrogen-bond acceptors (Lipinski definition) is 3. The number of aromatic hydroxyl groups is 1. The zero-order valence-corrected chi connectivity index (χ0v) is 43.5. The predicted octanol–water partition coefficient (Wildman–Crippen LogP) is 17.9. The van der Waals surface area contributed by atoms with E-state index in [0.29, 0.717) is 50.4 Å². The van der Waals surface area contributed by atoms with Gasteiger partial charge in [0.15, 0.2) is 0 Å². The Morgan fingerprint density at radius 1 is 0.551 bits per heavy atom. The van der Waals surface area contributed by atoms with Crippen molar-refractivity contribution in [3.8, 4) is 78.6 Å². The summed E-state index contributed by atoms with van der Waals surface area (Å²) in [5.41, 5.74) is 14.3. The first-order chi connectivity index (χ1) is 34.8. The Morgan fingerprint density at radius 2 is 1.22 bits per heavy atom. The van der Waals surface area contributed by atoms with Crippen molar-refractivity contribution in [2.24, 2.45) is 0 Å². The van der Waals surface area contributed by atoms with E-state index in [0.717, 1.165) is 61.3 Å². The Balaban J connectivity index is 0.00000747. The number of phenols is 1. The maximum absolute atomic E-state index is 12.4. The number of benzene rings is 7. The van der Waals surface area contributed by atoms with Crippen molar-refractivity contribution in [1.29, 1.82) is 0 Å². The molecule has 9 rings (SSSR count). The molecule has 2 heterocycles. The average molecular weight is 1090 g/mol. The molecule has 0 unspecified atom stereocenters. The summed E-state index contributed by atoms with van der Waals surface area (Å²) in [5, 5.41) is 12.4. The minimum absolute atomic E-state index is 0. The molecule has 69 heavy (non-hydrogen) atoms. The molecule has 9 aromatic rings. The predicted molar refractivity (Wildman–Crippen MR) is 287 cm³/mol. The topological polar surface area (TPSA) is 50.9 Å². The zero-order valence-electron chi connectivity index (χ0n) is 47.2. The molecule has 7 aromatic carbocycles. The molecular weight excluding hydrogens is 1020 g/mol. The Bertz CT molecular complexity index is 3530. The van der Waals surface area contributed by atoms with Crippen LogP contribution in [-0.4, -0.2) is 19.6 Å². The molecule has 0 fully saturated rings. The third-order valence-corrected chi connectivity index (χ3v) is 13.1. The normalized spacial score (nSPS) is 13.6. The Morgan fingerprint density at radius 3 is 1.87 bits per heavy atom. The van der Waals surface area contributed by atoms with Gasteiger partial charge >= 0.3 is 0 Å². The number of phenolic OH excluding ortho intramolecular Hbond substituents is 1. The van der Waals surface area contributed by atoms with E-state index in [1.54, 1.807) is 33.8 Å². The van der Waals surface area contributed by atoms with Crippen molar-refractivity contribution < 1.29 is 34.4 Å². The molecule has 0 aliphatic rings. The summed E-state index contributed by atoms with van der Waals surface area (Å²) >= 11 is 0. The van der Waals surface area contributed by atoms with Crippen LogP contribution < -0.4 is 0 Å². The van der Waals surface area contributed by atoms with Crippen molar-refractivity contribution in [1.82, 2.24) is 14.5 Å². The second-order valence-corrected chi connectivity index (χ2v) is 19.3. The fourth-order valence-electron chi connectivity index (χ4n) is 9.35. The van der Waals surface area contributed by atoms with Crippen LogP contribution in [-0.2, 0) is 21.1 Å². The number of aromatic nitrogens is 3. The molecule has 0 saturated heterocycles. The molecule has 2 aromatic heterocycles. The van der Waals surface area contributed by atoms with Crippen LogP contribution in [0.4, 0.5) is 0 Å². The Hall–Kier alpha value is -6.35. The van der Waals surface area contributed by atoms with Crippen molar-refractivity contribution in [3.05, 3.63) is 191 Å². The molecule has 0 saturated carbocycles. The number of nitrogens with zero attached hydrogens (tertiary/aromatic N) is 3. The third-order valence-electron chi connectivity index (χ3n) is 13.1. The van der Waals surface area contributed by atoms with Crippen LogP contribution in [0.25, 0.3) is 83.9 Å². The fourth-order valence-corrected chi connectivity index (χ4v) is 9.35. The standard InChI is InChI=1S/C64H64N3O.Pt/c1-38(2)44-23-25-46(26-24-44)47-29-30-65-58(37-47)52-33-50(45-17-13-12-14-18-45)32-51(34-52)55-21-16-22-60-62(55)66-64(57-36-49(39(3)4)35-56(42(9)10)63(57)68)67(60)59-28-27-48(31-43(59)11)61-53(40(5)6)19-15-20-54(61)41(7)8;/h12-33,35-42,68H,1-11H3;/q-1;/i11D3,38D,40D,41D;. The minimum Gasteiger partial charge on any atom is -0.507 e. The van der Waals surface area contributed by atoms with Gasteiger partial charge in [0.25, 0.3) is 0 Å². The number of rotatable bonds is 12. The number of pyridine rings is 1. The molecular formula is C64H64N3OPt-. The summed E-state index contributed by atoms with van der Waals surface area (Å²) < 4.78 is 56.3. The second kappa shape index (κ2) is 20.3. The molecule has 0 amide bonds. The van der Waals surface area contributed by atoms with Crippen molar-refractivity contribution in [3.63, 3.8) is 0 Å². The maximum atomic E-state index is 12.4. The zero-order chi connectivity index (χ0) is 53.2. The Kier molecular flexibility index (Phi) is 12.3. The van der Waals surface area contributed by atoms with E-state index < -0.39 is 24.5 Å². The quantitative estimate of drug-likeness (QED) is 0.124. The molecule has 0 spiro atoms. The maximum Gasteiger partial charge on any atom is 0.148 e. The monoisotopic (exact) mass is 1090 g/mol. The van der Waals surface area contributed by atoms with Gasteiger partial charge < -0.3 is 5.11 Å². The summed E-state index contributed by atoms with van der Waals surface area (Å²) in [4.78, 5) is 10.4. The third kappa shape index (κ3) is 9.66. The minimum atomic E-state index is -2.64. The van der Waals surface area contributed by atoms with Gasteiger partial charge in [0.05, 0.1) is 22.3 Å². The van der Waals surface area contributed by atoms with Crippen LogP contribution >= 0.6 is 0 Å². The molecule has 5 heteroatoms.